The highest BCUT2D eigenvalue weighted by molar-refractivity contribution is 5.61. The second kappa shape index (κ2) is 5.74. The van der Waals surface area contributed by atoms with E-state index in [-0.39, 0.29) is 6.04 Å². The molecule has 1 unspecified atom stereocenters. The van der Waals surface area contributed by atoms with Crippen LogP contribution in [-0.4, -0.2) is 63.6 Å². The molecule has 8 nitrogen and oxygen atoms in total. The summed E-state index contributed by atoms with van der Waals surface area (Å²) >= 11 is 0. The minimum Gasteiger partial charge on any atom is -0.382 e. The van der Waals surface area contributed by atoms with Crippen LogP contribution in [0.4, 0.5) is 5.82 Å². The second-order valence-corrected chi connectivity index (χ2v) is 5.36. The summed E-state index contributed by atoms with van der Waals surface area (Å²) < 4.78 is 5.32. The van der Waals surface area contributed by atoms with Gasteiger partial charge in [0.15, 0.2) is 17.3 Å². The first-order valence-corrected chi connectivity index (χ1v) is 6.94. The standard InChI is InChI=1S/C13H19N7O/c1-19-6-3-7-20(2)9(8-19)12-17-13(21-18-12)10-11(14)16-5-4-15-10/h4-5,9H,3,6-8H2,1-2H3,(H2,14,16). The average molecular weight is 289 g/mol. The first kappa shape index (κ1) is 13.9. The zero-order chi connectivity index (χ0) is 14.8. The minimum atomic E-state index is 0.105. The van der Waals surface area contributed by atoms with Crippen molar-refractivity contribution in [3.05, 3.63) is 18.2 Å². The van der Waals surface area contributed by atoms with Crippen molar-refractivity contribution >= 4 is 5.82 Å². The number of hydrogen-bond acceptors (Lipinski definition) is 8. The van der Waals surface area contributed by atoms with Gasteiger partial charge in [0.1, 0.15) is 0 Å². The zero-order valence-electron chi connectivity index (χ0n) is 12.2. The molecule has 1 aliphatic heterocycles. The number of nitrogen functional groups attached to an aromatic ring is 1. The maximum atomic E-state index is 5.79. The molecule has 0 aliphatic carbocycles. The number of nitrogens with two attached hydrogens (primary N) is 1. The SMILES string of the molecule is CN1CCCN(C)C(c2noc(-c3nccnc3N)n2)C1. The maximum Gasteiger partial charge on any atom is 0.280 e. The van der Waals surface area contributed by atoms with Crippen molar-refractivity contribution in [2.45, 2.75) is 12.5 Å². The normalized spacial score (nSPS) is 21.3. The van der Waals surface area contributed by atoms with Crippen molar-refractivity contribution in [1.29, 1.82) is 0 Å². The van der Waals surface area contributed by atoms with E-state index in [1.807, 2.05) is 0 Å². The van der Waals surface area contributed by atoms with Crippen LogP contribution < -0.4 is 5.73 Å². The van der Waals surface area contributed by atoms with Crippen LogP contribution in [-0.2, 0) is 0 Å². The third-order valence-corrected chi connectivity index (χ3v) is 3.74. The zero-order valence-corrected chi connectivity index (χ0v) is 12.2. The van der Waals surface area contributed by atoms with Crippen LogP contribution in [0.15, 0.2) is 16.9 Å². The number of rotatable bonds is 2. The summed E-state index contributed by atoms with van der Waals surface area (Å²) in [6.07, 6.45) is 4.22. The predicted octanol–water partition coefficient (Wildman–Crippen LogP) is 0.417. The smallest absolute Gasteiger partial charge is 0.280 e. The summed E-state index contributed by atoms with van der Waals surface area (Å²) in [6, 6.07) is 0.105. The Morgan fingerprint density at radius 2 is 2.05 bits per heavy atom. The molecule has 1 atom stereocenters. The van der Waals surface area contributed by atoms with E-state index >= 15 is 0 Å². The Morgan fingerprint density at radius 3 is 2.86 bits per heavy atom. The third-order valence-electron chi connectivity index (χ3n) is 3.74. The summed E-state index contributed by atoms with van der Waals surface area (Å²) in [4.78, 5) is 17.1. The highest BCUT2D eigenvalue weighted by atomic mass is 16.5. The Kier molecular flexibility index (Phi) is 3.80. The third kappa shape index (κ3) is 2.86. The Hall–Kier alpha value is -2.06. The van der Waals surface area contributed by atoms with Gasteiger partial charge in [-0.2, -0.15) is 4.98 Å². The first-order chi connectivity index (χ1) is 10.1. The van der Waals surface area contributed by atoms with E-state index in [2.05, 4.69) is 44.0 Å². The quantitative estimate of drug-likeness (QED) is 0.849. The van der Waals surface area contributed by atoms with Crippen molar-refractivity contribution in [2.75, 3.05) is 39.5 Å². The molecule has 3 rings (SSSR count). The molecule has 0 spiro atoms. The van der Waals surface area contributed by atoms with E-state index in [0.717, 1.165) is 26.1 Å². The van der Waals surface area contributed by atoms with Gasteiger partial charge >= 0.3 is 0 Å². The molecule has 21 heavy (non-hydrogen) atoms. The second-order valence-electron chi connectivity index (χ2n) is 5.36. The lowest BCUT2D eigenvalue weighted by Crippen LogP contribution is -2.31. The summed E-state index contributed by atoms with van der Waals surface area (Å²) in [5, 5.41) is 4.11. The summed E-state index contributed by atoms with van der Waals surface area (Å²) in [7, 11) is 4.18. The fraction of sp³-hybridized carbons (Fsp3) is 0.538. The largest absolute Gasteiger partial charge is 0.382 e. The lowest BCUT2D eigenvalue weighted by atomic mass is 10.2. The van der Waals surface area contributed by atoms with Crippen LogP contribution >= 0.6 is 0 Å². The van der Waals surface area contributed by atoms with Crippen molar-refractivity contribution < 1.29 is 4.52 Å². The highest BCUT2D eigenvalue weighted by Gasteiger charge is 2.27. The van der Waals surface area contributed by atoms with Crippen LogP contribution in [0.2, 0.25) is 0 Å². The van der Waals surface area contributed by atoms with Gasteiger partial charge in [0.2, 0.25) is 0 Å². The lowest BCUT2D eigenvalue weighted by Gasteiger charge is -2.24. The first-order valence-electron chi connectivity index (χ1n) is 6.94. The molecule has 2 aromatic heterocycles. The van der Waals surface area contributed by atoms with Gasteiger partial charge in [-0.15, -0.1) is 0 Å². The lowest BCUT2D eigenvalue weighted by molar-refractivity contribution is 0.215. The fourth-order valence-electron chi connectivity index (χ4n) is 2.53. The van der Waals surface area contributed by atoms with E-state index in [9.17, 15) is 0 Å². The van der Waals surface area contributed by atoms with E-state index in [1.54, 1.807) is 6.20 Å². The molecule has 1 fully saturated rings. The molecule has 2 N–H and O–H groups in total. The number of hydrogen-bond donors (Lipinski definition) is 1. The minimum absolute atomic E-state index is 0.105. The number of anilines is 1. The molecule has 112 valence electrons. The molecule has 0 amide bonds. The van der Waals surface area contributed by atoms with E-state index in [4.69, 9.17) is 10.3 Å². The van der Waals surface area contributed by atoms with Gasteiger partial charge in [0, 0.05) is 18.9 Å². The molecular weight excluding hydrogens is 270 g/mol. The van der Waals surface area contributed by atoms with Crippen molar-refractivity contribution in [3.8, 4) is 11.6 Å². The molecule has 2 aromatic rings. The van der Waals surface area contributed by atoms with Gasteiger partial charge in [0.25, 0.3) is 5.89 Å². The molecule has 0 bridgehead atoms. The van der Waals surface area contributed by atoms with Crippen LogP contribution in [0.3, 0.4) is 0 Å². The van der Waals surface area contributed by atoms with E-state index in [0.29, 0.717) is 23.2 Å². The number of nitrogens with zero attached hydrogens (tertiary/aromatic N) is 6. The molecule has 0 radical (unpaired) electrons. The van der Waals surface area contributed by atoms with Gasteiger partial charge < -0.3 is 15.2 Å². The van der Waals surface area contributed by atoms with Crippen LogP contribution in [0.5, 0.6) is 0 Å². The van der Waals surface area contributed by atoms with Crippen LogP contribution in [0, 0.1) is 0 Å². The number of aromatic nitrogens is 4. The average Bonchev–Trinajstić information content (AvgIpc) is 2.88. The monoisotopic (exact) mass is 289 g/mol. The van der Waals surface area contributed by atoms with E-state index in [1.165, 1.54) is 6.20 Å². The summed E-state index contributed by atoms with van der Waals surface area (Å²) in [5.41, 5.74) is 6.23. The molecular formula is C13H19N7O. The van der Waals surface area contributed by atoms with Gasteiger partial charge in [-0.1, -0.05) is 5.16 Å². The Balaban J connectivity index is 1.89. The molecule has 8 heteroatoms. The fourth-order valence-corrected chi connectivity index (χ4v) is 2.53. The summed E-state index contributed by atoms with van der Waals surface area (Å²) in [6.45, 7) is 2.94. The predicted molar refractivity (Wildman–Crippen MR) is 77.2 cm³/mol. The van der Waals surface area contributed by atoms with Crippen molar-refractivity contribution in [1.82, 2.24) is 29.9 Å². The Bertz CT molecular complexity index is 614. The van der Waals surface area contributed by atoms with Crippen LogP contribution in [0.1, 0.15) is 18.3 Å². The Labute approximate surface area is 123 Å². The van der Waals surface area contributed by atoms with Gasteiger partial charge in [-0.05, 0) is 33.6 Å². The highest BCUT2D eigenvalue weighted by Crippen LogP contribution is 2.24. The van der Waals surface area contributed by atoms with Gasteiger partial charge in [-0.3, -0.25) is 4.90 Å². The van der Waals surface area contributed by atoms with Crippen LogP contribution in [0.25, 0.3) is 11.6 Å². The molecule has 0 saturated carbocycles. The van der Waals surface area contributed by atoms with Gasteiger partial charge in [-0.25, -0.2) is 9.97 Å². The molecule has 3 heterocycles. The van der Waals surface area contributed by atoms with Gasteiger partial charge in [0.05, 0.1) is 6.04 Å². The van der Waals surface area contributed by atoms with Crippen molar-refractivity contribution in [3.63, 3.8) is 0 Å². The maximum absolute atomic E-state index is 5.79. The molecule has 1 aliphatic rings. The van der Waals surface area contributed by atoms with E-state index < -0.39 is 0 Å². The Morgan fingerprint density at radius 1 is 1.24 bits per heavy atom. The molecule has 0 aromatic carbocycles. The topological polar surface area (TPSA) is 97.2 Å². The number of likely N-dealkylation sites (N-methyl/N-ethyl adjacent to an activating group) is 2. The van der Waals surface area contributed by atoms with Crippen molar-refractivity contribution in [2.24, 2.45) is 0 Å². The summed E-state index contributed by atoms with van der Waals surface area (Å²) in [5.74, 6) is 1.27. The molecule has 1 saturated heterocycles.